The molecule has 0 radical (unpaired) electrons. The molecule has 0 bridgehead atoms. The van der Waals surface area contributed by atoms with Gasteiger partial charge in [-0.15, -0.1) is 11.8 Å². The Hall–Kier alpha value is -1.79. The summed E-state index contributed by atoms with van der Waals surface area (Å²) >= 11 is 1.65. The Morgan fingerprint density at radius 2 is 1.71 bits per heavy atom. The van der Waals surface area contributed by atoms with Crippen molar-refractivity contribution in [3.05, 3.63) is 60.2 Å². The van der Waals surface area contributed by atoms with Crippen molar-refractivity contribution in [3.8, 4) is 0 Å². The topological polar surface area (TPSA) is 63.2 Å². The van der Waals surface area contributed by atoms with E-state index in [4.69, 9.17) is 0 Å². The summed E-state index contributed by atoms with van der Waals surface area (Å²) < 4.78 is 22.9. The molecule has 2 aromatic carbocycles. The average Bonchev–Trinajstić information content (AvgIpc) is 2.55. The van der Waals surface area contributed by atoms with Gasteiger partial charge in [0.05, 0.1) is 10.9 Å². The zero-order chi connectivity index (χ0) is 17.6. The van der Waals surface area contributed by atoms with Crippen molar-refractivity contribution in [3.63, 3.8) is 0 Å². The highest BCUT2D eigenvalue weighted by Crippen LogP contribution is 2.19. The Morgan fingerprint density at radius 3 is 2.29 bits per heavy atom. The van der Waals surface area contributed by atoms with Gasteiger partial charge in [-0.25, -0.2) is 8.42 Å². The zero-order valence-corrected chi connectivity index (χ0v) is 15.4. The molecular weight excluding hydrogens is 342 g/mol. The molecule has 0 aliphatic heterocycles. The predicted molar refractivity (Wildman–Crippen MR) is 97.9 cm³/mol. The number of hydrogen-bond acceptors (Lipinski definition) is 4. The van der Waals surface area contributed by atoms with E-state index in [9.17, 15) is 13.2 Å². The minimum atomic E-state index is -3.20. The largest absolute Gasteiger partial charge is 0.350 e. The van der Waals surface area contributed by atoms with Crippen molar-refractivity contribution in [1.82, 2.24) is 5.32 Å². The van der Waals surface area contributed by atoms with Crippen LogP contribution in [0.25, 0.3) is 0 Å². The molecule has 4 nitrogen and oxygen atoms in total. The van der Waals surface area contributed by atoms with Gasteiger partial charge in [0.15, 0.2) is 9.84 Å². The van der Waals surface area contributed by atoms with Gasteiger partial charge in [-0.1, -0.05) is 30.3 Å². The van der Waals surface area contributed by atoms with Gasteiger partial charge >= 0.3 is 0 Å². The Morgan fingerprint density at radius 1 is 1.08 bits per heavy atom. The van der Waals surface area contributed by atoms with E-state index in [1.54, 1.807) is 36.0 Å². The summed E-state index contributed by atoms with van der Waals surface area (Å²) in [4.78, 5) is 13.5. The minimum Gasteiger partial charge on any atom is -0.350 e. The van der Waals surface area contributed by atoms with E-state index in [1.165, 1.54) is 6.26 Å². The second-order valence-corrected chi connectivity index (χ2v) is 8.73. The second kappa shape index (κ2) is 8.35. The molecule has 24 heavy (non-hydrogen) atoms. The smallest absolute Gasteiger partial charge is 0.221 e. The lowest BCUT2D eigenvalue weighted by molar-refractivity contribution is -0.121. The van der Waals surface area contributed by atoms with Crippen molar-refractivity contribution in [1.29, 1.82) is 0 Å². The highest BCUT2D eigenvalue weighted by atomic mass is 32.2. The maximum absolute atomic E-state index is 12.0. The van der Waals surface area contributed by atoms with Crippen LogP contribution in [0.4, 0.5) is 0 Å². The Kier molecular flexibility index (Phi) is 6.45. The fourth-order valence-corrected chi connectivity index (χ4v) is 3.68. The third kappa shape index (κ3) is 5.69. The first-order valence-electron chi connectivity index (χ1n) is 7.63. The van der Waals surface area contributed by atoms with Crippen molar-refractivity contribution >= 4 is 27.5 Å². The highest BCUT2D eigenvalue weighted by Gasteiger charge is 2.11. The van der Waals surface area contributed by atoms with Crippen LogP contribution >= 0.6 is 11.8 Å². The quantitative estimate of drug-likeness (QED) is 0.765. The molecular formula is C18H21NO3S2. The number of thioether (sulfide) groups is 1. The molecule has 2 aromatic rings. The summed E-state index contributed by atoms with van der Waals surface area (Å²) in [6.07, 6.45) is 1.61. The molecule has 1 N–H and O–H groups in total. The number of sulfone groups is 1. The SMILES string of the molecule is C[C@H](NC(=O)CCSc1ccccc1)c1ccc(S(C)(=O)=O)cc1. The number of amides is 1. The Labute approximate surface area is 147 Å². The lowest BCUT2D eigenvalue weighted by Gasteiger charge is -2.14. The van der Waals surface area contributed by atoms with Gasteiger partial charge in [-0.2, -0.15) is 0 Å². The van der Waals surface area contributed by atoms with Gasteiger partial charge in [0.25, 0.3) is 0 Å². The molecule has 0 saturated carbocycles. The van der Waals surface area contributed by atoms with Crippen molar-refractivity contribution < 1.29 is 13.2 Å². The molecule has 6 heteroatoms. The van der Waals surface area contributed by atoms with Crippen LogP contribution in [0.3, 0.4) is 0 Å². The van der Waals surface area contributed by atoms with E-state index >= 15 is 0 Å². The van der Waals surface area contributed by atoms with Gasteiger partial charge in [-0.05, 0) is 36.8 Å². The van der Waals surface area contributed by atoms with Crippen LogP contribution in [0.5, 0.6) is 0 Å². The van der Waals surface area contributed by atoms with Gasteiger partial charge < -0.3 is 5.32 Å². The first-order valence-corrected chi connectivity index (χ1v) is 10.5. The molecule has 0 aliphatic rings. The molecule has 0 heterocycles. The zero-order valence-electron chi connectivity index (χ0n) is 13.7. The fourth-order valence-electron chi connectivity index (χ4n) is 2.18. The van der Waals surface area contributed by atoms with Crippen molar-refractivity contribution in [2.45, 2.75) is 29.2 Å². The lowest BCUT2D eigenvalue weighted by Crippen LogP contribution is -2.26. The van der Waals surface area contributed by atoms with Crippen LogP contribution in [0.1, 0.15) is 24.9 Å². The summed E-state index contributed by atoms with van der Waals surface area (Å²) in [5.74, 6) is 0.702. The van der Waals surface area contributed by atoms with Crippen LogP contribution < -0.4 is 5.32 Å². The fraction of sp³-hybridized carbons (Fsp3) is 0.278. The third-order valence-corrected chi connectivity index (χ3v) is 5.67. The van der Waals surface area contributed by atoms with Crippen LogP contribution in [-0.4, -0.2) is 26.3 Å². The number of carbonyl (C=O) groups is 1. The molecule has 0 spiro atoms. The first-order chi connectivity index (χ1) is 11.4. The van der Waals surface area contributed by atoms with Gasteiger partial charge in [-0.3, -0.25) is 4.79 Å². The molecule has 0 fully saturated rings. The summed E-state index contributed by atoms with van der Waals surface area (Å²) in [7, 11) is -3.20. The molecule has 0 aliphatic carbocycles. The third-order valence-electron chi connectivity index (χ3n) is 3.53. The van der Waals surface area contributed by atoms with Crippen LogP contribution in [0.15, 0.2) is 64.4 Å². The van der Waals surface area contributed by atoms with Crippen LogP contribution in [0, 0.1) is 0 Å². The van der Waals surface area contributed by atoms with Gasteiger partial charge in [0, 0.05) is 23.3 Å². The van der Waals surface area contributed by atoms with E-state index in [-0.39, 0.29) is 16.8 Å². The maximum atomic E-state index is 12.0. The second-order valence-electron chi connectivity index (χ2n) is 5.54. The van der Waals surface area contributed by atoms with Crippen molar-refractivity contribution in [2.75, 3.05) is 12.0 Å². The van der Waals surface area contributed by atoms with E-state index in [0.29, 0.717) is 6.42 Å². The summed E-state index contributed by atoms with van der Waals surface area (Å²) in [5, 5.41) is 2.94. The summed E-state index contributed by atoms with van der Waals surface area (Å²) in [5.41, 5.74) is 0.881. The van der Waals surface area contributed by atoms with Crippen LogP contribution in [-0.2, 0) is 14.6 Å². The number of benzene rings is 2. The van der Waals surface area contributed by atoms with Gasteiger partial charge in [0.2, 0.25) is 5.91 Å². The molecule has 1 atom stereocenters. The predicted octanol–water partition coefficient (Wildman–Crippen LogP) is 3.45. The van der Waals surface area contributed by atoms with E-state index in [2.05, 4.69) is 5.32 Å². The number of carbonyl (C=O) groups excluding carboxylic acids is 1. The Bertz CT molecular complexity index is 772. The minimum absolute atomic E-state index is 0.0156. The molecule has 2 rings (SSSR count). The number of rotatable bonds is 7. The Balaban J connectivity index is 1.83. The van der Waals surface area contributed by atoms with Crippen molar-refractivity contribution in [2.24, 2.45) is 0 Å². The van der Waals surface area contributed by atoms with Crippen LogP contribution in [0.2, 0.25) is 0 Å². The maximum Gasteiger partial charge on any atom is 0.221 e. The first kappa shape index (κ1) is 18.5. The van der Waals surface area contributed by atoms with Gasteiger partial charge in [0.1, 0.15) is 0 Å². The summed E-state index contributed by atoms with van der Waals surface area (Å²) in [6.45, 7) is 1.89. The number of nitrogens with one attached hydrogen (secondary N) is 1. The highest BCUT2D eigenvalue weighted by molar-refractivity contribution is 7.99. The average molecular weight is 364 g/mol. The molecule has 0 saturated heterocycles. The normalized spacial score (nSPS) is 12.6. The van der Waals surface area contributed by atoms with E-state index in [1.807, 2.05) is 37.3 Å². The van der Waals surface area contributed by atoms with E-state index < -0.39 is 9.84 Å². The molecule has 0 unspecified atom stereocenters. The standard InChI is InChI=1S/C18H21NO3S2/c1-14(15-8-10-17(11-9-15)24(2,21)22)19-18(20)12-13-23-16-6-4-3-5-7-16/h3-11,14H,12-13H2,1-2H3,(H,19,20)/t14-/m0/s1. The van der Waals surface area contributed by atoms with E-state index in [0.717, 1.165) is 16.2 Å². The number of hydrogen-bond donors (Lipinski definition) is 1. The monoisotopic (exact) mass is 363 g/mol. The molecule has 0 aromatic heterocycles. The lowest BCUT2D eigenvalue weighted by atomic mass is 10.1. The summed E-state index contributed by atoms with van der Waals surface area (Å²) in [6, 6.07) is 16.4. The molecule has 128 valence electrons. The molecule has 1 amide bonds.